The SMILES string of the molecule is COC(c1nc(N)cc(C2CCCC2)n1)C(C)C. The molecule has 1 aromatic rings. The number of nitrogen functional groups attached to an aromatic ring is 1. The Morgan fingerprint density at radius 1 is 1.28 bits per heavy atom. The lowest BCUT2D eigenvalue weighted by Crippen LogP contribution is -2.15. The minimum atomic E-state index is -0.0753. The van der Waals surface area contributed by atoms with Crippen molar-refractivity contribution in [3.8, 4) is 0 Å². The lowest BCUT2D eigenvalue weighted by Gasteiger charge is -2.19. The van der Waals surface area contributed by atoms with Crippen LogP contribution < -0.4 is 5.73 Å². The highest BCUT2D eigenvalue weighted by molar-refractivity contribution is 5.32. The van der Waals surface area contributed by atoms with Crippen LogP contribution in [0.5, 0.6) is 0 Å². The molecule has 18 heavy (non-hydrogen) atoms. The van der Waals surface area contributed by atoms with Crippen LogP contribution in [0.3, 0.4) is 0 Å². The molecule has 100 valence electrons. The van der Waals surface area contributed by atoms with Gasteiger partial charge in [0.25, 0.3) is 0 Å². The first-order valence-electron chi connectivity index (χ1n) is 6.79. The van der Waals surface area contributed by atoms with Crippen LogP contribution >= 0.6 is 0 Å². The normalized spacial score (nSPS) is 18.4. The van der Waals surface area contributed by atoms with E-state index in [1.165, 1.54) is 25.7 Å². The zero-order chi connectivity index (χ0) is 13.1. The van der Waals surface area contributed by atoms with Crippen LogP contribution in [0.25, 0.3) is 0 Å². The Labute approximate surface area is 109 Å². The summed E-state index contributed by atoms with van der Waals surface area (Å²) in [5, 5.41) is 0. The molecule has 0 radical (unpaired) electrons. The van der Waals surface area contributed by atoms with Crippen molar-refractivity contribution < 1.29 is 4.74 Å². The minimum absolute atomic E-state index is 0.0753. The maximum Gasteiger partial charge on any atom is 0.159 e. The standard InChI is InChI=1S/C14H23N3O/c1-9(2)13(18-3)14-16-11(8-12(15)17-14)10-6-4-5-7-10/h8-10,13H,4-7H2,1-3H3,(H2,15,16,17). The first-order chi connectivity index (χ1) is 8.61. The van der Waals surface area contributed by atoms with Gasteiger partial charge in [-0.05, 0) is 18.8 Å². The summed E-state index contributed by atoms with van der Waals surface area (Å²) in [6, 6.07) is 1.92. The van der Waals surface area contributed by atoms with E-state index in [4.69, 9.17) is 15.5 Å². The zero-order valence-corrected chi connectivity index (χ0v) is 11.5. The Morgan fingerprint density at radius 3 is 2.50 bits per heavy atom. The number of hydrogen-bond donors (Lipinski definition) is 1. The summed E-state index contributed by atoms with van der Waals surface area (Å²) >= 11 is 0. The van der Waals surface area contributed by atoms with E-state index < -0.39 is 0 Å². The van der Waals surface area contributed by atoms with Crippen LogP contribution in [0.15, 0.2) is 6.07 Å². The second-order valence-corrected chi connectivity index (χ2v) is 5.46. The van der Waals surface area contributed by atoms with Gasteiger partial charge in [0, 0.05) is 24.8 Å². The van der Waals surface area contributed by atoms with Gasteiger partial charge in [-0.1, -0.05) is 26.7 Å². The molecule has 2 N–H and O–H groups in total. The third kappa shape index (κ3) is 2.80. The van der Waals surface area contributed by atoms with Gasteiger partial charge in [-0.25, -0.2) is 9.97 Å². The molecule has 1 unspecified atom stereocenters. The van der Waals surface area contributed by atoms with Crippen LogP contribution in [0.4, 0.5) is 5.82 Å². The average molecular weight is 249 g/mol. The largest absolute Gasteiger partial charge is 0.384 e. The Bertz CT molecular complexity index is 400. The summed E-state index contributed by atoms with van der Waals surface area (Å²) in [5.74, 6) is 2.19. The highest BCUT2D eigenvalue weighted by atomic mass is 16.5. The fourth-order valence-corrected chi connectivity index (χ4v) is 2.74. The number of ether oxygens (including phenoxy) is 1. The molecule has 0 saturated heterocycles. The molecule has 0 bridgehead atoms. The Kier molecular flexibility index (Phi) is 4.17. The van der Waals surface area contributed by atoms with Crippen LogP contribution in [-0.2, 0) is 4.74 Å². The van der Waals surface area contributed by atoms with E-state index in [9.17, 15) is 0 Å². The van der Waals surface area contributed by atoms with E-state index in [-0.39, 0.29) is 6.10 Å². The maximum absolute atomic E-state index is 5.91. The quantitative estimate of drug-likeness (QED) is 0.890. The van der Waals surface area contributed by atoms with Crippen molar-refractivity contribution in [2.45, 2.75) is 51.6 Å². The third-order valence-electron chi connectivity index (χ3n) is 3.67. The molecule has 1 fully saturated rings. The van der Waals surface area contributed by atoms with Crippen molar-refractivity contribution >= 4 is 5.82 Å². The number of methoxy groups -OCH3 is 1. The molecule has 1 aliphatic carbocycles. The molecule has 1 heterocycles. The Hall–Kier alpha value is -1.16. The van der Waals surface area contributed by atoms with E-state index in [1.54, 1.807) is 7.11 Å². The molecular formula is C14H23N3O. The van der Waals surface area contributed by atoms with Crippen molar-refractivity contribution in [3.63, 3.8) is 0 Å². The van der Waals surface area contributed by atoms with E-state index in [2.05, 4.69) is 18.8 Å². The Balaban J connectivity index is 2.30. The van der Waals surface area contributed by atoms with E-state index in [1.807, 2.05) is 6.07 Å². The van der Waals surface area contributed by atoms with Crippen molar-refractivity contribution in [1.29, 1.82) is 0 Å². The topological polar surface area (TPSA) is 61.0 Å². The van der Waals surface area contributed by atoms with Gasteiger partial charge in [0.05, 0.1) is 0 Å². The van der Waals surface area contributed by atoms with Gasteiger partial charge < -0.3 is 10.5 Å². The maximum atomic E-state index is 5.91. The molecule has 4 heteroatoms. The number of aromatic nitrogens is 2. The number of anilines is 1. The van der Waals surface area contributed by atoms with Crippen LogP contribution in [0, 0.1) is 5.92 Å². The van der Waals surface area contributed by atoms with Crippen molar-refractivity contribution in [1.82, 2.24) is 9.97 Å². The fourth-order valence-electron chi connectivity index (χ4n) is 2.74. The van der Waals surface area contributed by atoms with Crippen LogP contribution in [0.2, 0.25) is 0 Å². The van der Waals surface area contributed by atoms with Gasteiger partial charge in [-0.2, -0.15) is 0 Å². The van der Waals surface area contributed by atoms with Gasteiger partial charge in [-0.15, -0.1) is 0 Å². The van der Waals surface area contributed by atoms with Crippen molar-refractivity contribution in [2.75, 3.05) is 12.8 Å². The molecule has 1 saturated carbocycles. The second kappa shape index (κ2) is 5.65. The number of nitrogens with two attached hydrogens (primary N) is 1. The van der Waals surface area contributed by atoms with Crippen LogP contribution in [-0.4, -0.2) is 17.1 Å². The highest BCUT2D eigenvalue weighted by Gasteiger charge is 2.23. The second-order valence-electron chi connectivity index (χ2n) is 5.46. The summed E-state index contributed by atoms with van der Waals surface area (Å²) in [6.45, 7) is 4.21. The summed E-state index contributed by atoms with van der Waals surface area (Å²) in [5.41, 5.74) is 7.01. The van der Waals surface area contributed by atoms with E-state index in [0.717, 1.165) is 11.5 Å². The lowest BCUT2D eigenvalue weighted by atomic mass is 10.0. The number of hydrogen-bond acceptors (Lipinski definition) is 4. The highest BCUT2D eigenvalue weighted by Crippen LogP contribution is 2.34. The minimum Gasteiger partial charge on any atom is -0.384 e. The molecule has 1 aliphatic rings. The van der Waals surface area contributed by atoms with Gasteiger partial charge in [-0.3, -0.25) is 0 Å². The van der Waals surface area contributed by atoms with Gasteiger partial charge >= 0.3 is 0 Å². The van der Waals surface area contributed by atoms with E-state index in [0.29, 0.717) is 17.7 Å². The first kappa shape index (κ1) is 13.3. The predicted octanol–water partition coefficient (Wildman–Crippen LogP) is 3.06. The summed E-state index contributed by atoms with van der Waals surface area (Å²) in [4.78, 5) is 9.03. The smallest absolute Gasteiger partial charge is 0.159 e. The van der Waals surface area contributed by atoms with Crippen molar-refractivity contribution in [3.05, 3.63) is 17.6 Å². The fraction of sp³-hybridized carbons (Fsp3) is 0.714. The predicted molar refractivity (Wildman–Crippen MR) is 72.2 cm³/mol. The van der Waals surface area contributed by atoms with Gasteiger partial charge in [0.2, 0.25) is 0 Å². The first-order valence-corrected chi connectivity index (χ1v) is 6.79. The molecule has 0 spiro atoms. The third-order valence-corrected chi connectivity index (χ3v) is 3.67. The molecule has 0 amide bonds. The molecule has 1 aromatic heterocycles. The molecular weight excluding hydrogens is 226 g/mol. The van der Waals surface area contributed by atoms with Crippen LogP contribution in [0.1, 0.15) is 63.1 Å². The summed E-state index contributed by atoms with van der Waals surface area (Å²) in [7, 11) is 1.70. The average Bonchev–Trinajstić information content (AvgIpc) is 2.82. The summed E-state index contributed by atoms with van der Waals surface area (Å²) in [6.07, 6.45) is 4.95. The van der Waals surface area contributed by atoms with Crippen molar-refractivity contribution in [2.24, 2.45) is 5.92 Å². The van der Waals surface area contributed by atoms with Gasteiger partial charge in [0.1, 0.15) is 11.9 Å². The zero-order valence-electron chi connectivity index (χ0n) is 11.5. The number of nitrogens with zero attached hydrogens (tertiary/aromatic N) is 2. The lowest BCUT2D eigenvalue weighted by molar-refractivity contribution is 0.0573. The molecule has 4 nitrogen and oxygen atoms in total. The van der Waals surface area contributed by atoms with E-state index >= 15 is 0 Å². The molecule has 2 rings (SSSR count). The Morgan fingerprint density at radius 2 is 1.94 bits per heavy atom. The summed E-state index contributed by atoms with van der Waals surface area (Å²) < 4.78 is 5.49. The molecule has 0 aromatic carbocycles. The molecule has 0 aliphatic heterocycles. The molecule has 1 atom stereocenters. The number of rotatable bonds is 4. The monoisotopic (exact) mass is 249 g/mol. The van der Waals surface area contributed by atoms with Gasteiger partial charge in [0.15, 0.2) is 5.82 Å².